The predicted octanol–water partition coefficient (Wildman–Crippen LogP) is 3.84. The van der Waals surface area contributed by atoms with Gasteiger partial charge in [0.15, 0.2) is 0 Å². The molecule has 0 spiro atoms. The van der Waals surface area contributed by atoms with Crippen molar-refractivity contribution in [3.8, 4) is 0 Å². The van der Waals surface area contributed by atoms with E-state index in [4.69, 9.17) is 11.6 Å². The van der Waals surface area contributed by atoms with Gasteiger partial charge in [-0.25, -0.2) is 0 Å². The molecule has 1 aliphatic heterocycles. The zero-order valence-corrected chi connectivity index (χ0v) is 14.6. The molecule has 0 atom stereocenters. The minimum atomic E-state index is 0.209. The Hall–Kier alpha value is -1.84. The van der Waals surface area contributed by atoms with Crippen LogP contribution in [0.25, 0.3) is 0 Å². The number of amides is 1. The largest absolute Gasteiger partial charge is 0.316 e. The summed E-state index contributed by atoms with van der Waals surface area (Å²) < 4.78 is 0. The standard InChI is InChI=1S/C20H23ClN2O/c21-18-9-7-16(8-10-18)11-13-22-14-12-20(24)23-15-3-5-17-4-1-2-6-19(17)23/h1-2,4,6-10,22H,3,5,11-15H2. The maximum atomic E-state index is 12.5. The smallest absolute Gasteiger partial charge is 0.228 e. The zero-order chi connectivity index (χ0) is 16.8. The van der Waals surface area contributed by atoms with Crippen LogP contribution in [-0.2, 0) is 17.6 Å². The molecule has 0 fully saturated rings. The Morgan fingerprint density at radius 2 is 1.88 bits per heavy atom. The number of aryl methyl sites for hydroxylation is 1. The first-order valence-electron chi connectivity index (χ1n) is 8.57. The number of fused-ring (bicyclic) bond motifs is 1. The van der Waals surface area contributed by atoms with Gasteiger partial charge in [-0.2, -0.15) is 0 Å². The van der Waals surface area contributed by atoms with Gasteiger partial charge in [0.25, 0.3) is 0 Å². The quantitative estimate of drug-likeness (QED) is 0.809. The van der Waals surface area contributed by atoms with Gasteiger partial charge in [-0.3, -0.25) is 4.79 Å². The van der Waals surface area contributed by atoms with E-state index in [1.165, 1.54) is 11.1 Å². The topological polar surface area (TPSA) is 32.3 Å². The summed E-state index contributed by atoms with van der Waals surface area (Å²) in [6, 6.07) is 16.1. The first kappa shape index (κ1) is 17.0. The fourth-order valence-corrected chi connectivity index (χ4v) is 3.26. The van der Waals surface area contributed by atoms with Gasteiger partial charge in [0.1, 0.15) is 0 Å². The summed E-state index contributed by atoms with van der Waals surface area (Å²) in [6.45, 7) is 2.41. The van der Waals surface area contributed by atoms with Crippen molar-refractivity contribution < 1.29 is 4.79 Å². The number of hydrogen-bond donors (Lipinski definition) is 1. The molecular weight excluding hydrogens is 320 g/mol. The van der Waals surface area contributed by atoms with E-state index in [0.29, 0.717) is 13.0 Å². The second-order valence-electron chi connectivity index (χ2n) is 6.15. The highest BCUT2D eigenvalue weighted by atomic mass is 35.5. The molecule has 3 nitrogen and oxygen atoms in total. The van der Waals surface area contributed by atoms with Gasteiger partial charge >= 0.3 is 0 Å². The summed E-state index contributed by atoms with van der Waals surface area (Å²) in [5.41, 5.74) is 3.63. The van der Waals surface area contributed by atoms with Crippen molar-refractivity contribution in [2.45, 2.75) is 25.7 Å². The molecule has 2 aromatic carbocycles. The highest BCUT2D eigenvalue weighted by Gasteiger charge is 2.21. The van der Waals surface area contributed by atoms with Gasteiger partial charge < -0.3 is 10.2 Å². The number of halogens is 1. The second-order valence-corrected chi connectivity index (χ2v) is 6.59. The van der Waals surface area contributed by atoms with E-state index in [-0.39, 0.29) is 5.91 Å². The third-order valence-corrected chi connectivity index (χ3v) is 4.68. The average Bonchev–Trinajstić information content (AvgIpc) is 2.62. The van der Waals surface area contributed by atoms with E-state index >= 15 is 0 Å². The number of carbonyl (C=O) groups is 1. The van der Waals surface area contributed by atoms with Crippen LogP contribution in [-0.4, -0.2) is 25.5 Å². The molecule has 2 aromatic rings. The van der Waals surface area contributed by atoms with E-state index < -0.39 is 0 Å². The summed E-state index contributed by atoms with van der Waals surface area (Å²) in [7, 11) is 0. The van der Waals surface area contributed by atoms with Gasteiger partial charge in [0.05, 0.1) is 0 Å². The lowest BCUT2D eigenvalue weighted by molar-refractivity contribution is -0.118. The van der Waals surface area contributed by atoms with E-state index in [1.54, 1.807) is 0 Å². The number of hydrogen-bond acceptors (Lipinski definition) is 2. The van der Waals surface area contributed by atoms with E-state index in [1.807, 2.05) is 41.3 Å². The van der Waals surface area contributed by atoms with Crippen LogP contribution >= 0.6 is 11.6 Å². The monoisotopic (exact) mass is 342 g/mol. The van der Waals surface area contributed by atoms with Crippen molar-refractivity contribution in [3.63, 3.8) is 0 Å². The van der Waals surface area contributed by atoms with Crippen LogP contribution in [0.5, 0.6) is 0 Å². The predicted molar refractivity (Wildman–Crippen MR) is 99.8 cm³/mol. The minimum absolute atomic E-state index is 0.209. The highest BCUT2D eigenvalue weighted by Crippen LogP contribution is 2.26. The molecule has 0 radical (unpaired) electrons. The van der Waals surface area contributed by atoms with Crippen LogP contribution in [0.2, 0.25) is 5.02 Å². The first-order valence-corrected chi connectivity index (χ1v) is 8.95. The van der Waals surface area contributed by atoms with Crippen molar-refractivity contribution >= 4 is 23.2 Å². The Kier molecular flexibility index (Phi) is 5.89. The number of para-hydroxylation sites is 1. The number of carbonyl (C=O) groups excluding carboxylic acids is 1. The normalized spacial score (nSPS) is 13.6. The lowest BCUT2D eigenvalue weighted by Crippen LogP contribution is -2.37. The molecule has 126 valence electrons. The van der Waals surface area contributed by atoms with E-state index in [0.717, 1.165) is 43.1 Å². The van der Waals surface area contributed by atoms with Crippen molar-refractivity contribution in [2.75, 3.05) is 24.5 Å². The Balaban J connectivity index is 1.42. The molecule has 0 saturated heterocycles. The molecule has 1 N–H and O–H groups in total. The van der Waals surface area contributed by atoms with Gasteiger partial charge in [-0.1, -0.05) is 41.9 Å². The number of rotatable bonds is 6. The van der Waals surface area contributed by atoms with E-state index in [9.17, 15) is 4.79 Å². The molecule has 1 aliphatic rings. The second kappa shape index (κ2) is 8.32. The Bertz CT molecular complexity index is 684. The van der Waals surface area contributed by atoms with Gasteiger partial charge in [0.2, 0.25) is 5.91 Å². The molecular formula is C20H23ClN2O. The fraction of sp³-hybridized carbons (Fsp3) is 0.350. The molecule has 0 saturated carbocycles. The molecule has 24 heavy (non-hydrogen) atoms. The molecule has 0 aromatic heterocycles. The van der Waals surface area contributed by atoms with Crippen LogP contribution < -0.4 is 10.2 Å². The first-order chi connectivity index (χ1) is 11.7. The van der Waals surface area contributed by atoms with Gasteiger partial charge in [-0.15, -0.1) is 0 Å². The number of nitrogens with zero attached hydrogens (tertiary/aromatic N) is 1. The third kappa shape index (κ3) is 4.37. The van der Waals surface area contributed by atoms with Crippen molar-refractivity contribution in [2.24, 2.45) is 0 Å². The van der Waals surface area contributed by atoms with Crippen LogP contribution in [0.4, 0.5) is 5.69 Å². The molecule has 0 aliphatic carbocycles. The lowest BCUT2D eigenvalue weighted by Gasteiger charge is -2.29. The summed E-state index contributed by atoms with van der Waals surface area (Å²) in [5, 5.41) is 4.13. The fourth-order valence-electron chi connectivity index (χ4n) is 3.13. The third-order valence-electron chi connectivity index (χ3n) is 4.43. The number of benzene rings is 2. The Morgan fingerprint density at radius 1 is 1.08 bits per heavy atom. The highest BCUT2D eigenvalue weighted by molar-refractivity contribution is 6.30. The van der Waals surface area contributed by atoms with Crippen molar-refractivity contribution in [3.05, 3.63) is 64.7 Å². The summed E-state index contributed by atoms with van der Waals surface area (Å²) in [4.78, 5) is 14.4. The van der Waals surface area contributed by atoms with Crippen molar-refractivity contribution in [1.29, 1.82) is 0 Å². The number of nitrogens with one attached hydrogen (secondary N) is 1. The van der Waals surface area contributed by atoms with Crippen molar-refractivity contribution in [1.82, 2.24) is 5.32 Å². The molecule has 0 bridgehead atoms. The molecule has 4 heteroatoms. The molecule has 1 heterocycles. The van der Waals surface area contributed by atoms with Crippen LogP contribution in [0, 0.1) is 0 Å². The SMILES string of the molecule is O=C(CCNCCc1ccc(Cl)cc1)N1CCCc2ccccc21. The van der Waals surface area contributed by atoms with Gasteiger partial charge in [0, 0.05) is 30.2 Å². The minimum Gasteiger partial charge on any atom is -0.316 e. The molecule has 0 unspecified atom stereocenters. The summed E-state index contributed by atoms with van der Waals surface area (Å²) in [6.07, 6.45) is 3.60. The van der Waals surface area contributed by atoms with Crippen LogP contribution in [0.15, 0.2) is 48.5 Å². The summed E-state index contributed by atoms with van der Waals surface area (Å²) in [5.74, 6) is 0.209. The van der Waals surface area contributed by atoms with E-state index in [2.05, 4.69) is 17.4 Å². The lowest BCUT2D eigenvalue weighted by atomic mass is 10.0. The van der Waals surface area contributed by atoms with Crippen LogP contribution in [0.3, 0.4) is 0 Å². The number of anilines is 1. The Labute approximate surface area is 148 Å². The molecule has 3 rings (SSSR count). The summed E-state index contributed by atoms with van der Waals surface area (Å²) >= 11 is 5.88. The zero-order valence-electron chi connectivity index (χ0n) is 13.8. The maximum absolute atomic E-state index is 12.5. The average molecular weight is 343 g/mol. The molecule has 1 amide bonds. The Morgan fingerprint density at radius 3 is 2.71 bits per heavy atom. The van der Waals surface area contributed by atoms with Gasteiger partial charge in [-0.05, 0) is 55.1 Å². The maximum Gasteiger partial charge on any atom is 0.228 e. The van der Waals surface area contributed by atoms with Crippen LogP contribution in [0.1, 0.15) is 24.0 Å².